The van der Waals surface area contributed by atoms with Gasteiger partial charge in [0.25, 0.3) is 0 Å². The lowest BCUT2D eigenvalue weighted by Crippen LogP contribution is -2.31. The summed E-state index contributed by atoms with van der Waals surface area (Å²) < 4.78 is 5.25. The molecule has 1 rings (SSSR count). The monoisotopic (exact) mass is 292 g/mol. The lowest BCUT2D eigenvalue weighted by molar-refractivity contribution is -0.132. The number of rotatable bonds is 8. The van der Waals surface area contributed by atoms with Crippen molar-refractivity contribution >= 4 is 5.97 Å². The first kappa shape index (κ1) is 17.2. The van der Waals surface area contributed by atoms with E-state index in [9.17, 15) is 4.79 Å². The lowest BCUT2D eigenvalue weighted by Gasteiger charge is -2.25. The van der Waals surface area contributed by atoms with Crippen LogP contribution in [0.4, 0.5) is 0 Å². The van der Waals surface area contributed by atoms with Crippen molar-refractivity contribution in [3.63, 3.8) is 0 Å². The second-order valence-electron chi connectivity index (χ2n) is 5.11. The topological polar surface area (TPSA) is 61.8 Å². The van der Waals surface area contributed by atoms with Crippen LogP contribution in [0.15, 0.2) is 35.9 Å². The van der Waals surface area contributed by atoms with Crippen LogP contribution >= 0.6 is 0 Å². The van der Waals surface area contributed by atoms with Gasteiger partial charge >= 0.3 is 5.97 Å². The molecule has 0 amide bonds. The van der Waals surface area contributed by atoms with Crippen LogP contribution in [0.1, 0.15) is 18.5 Å². The molecule has 0 bridgehead atoms. The number of hydrogen-bond donors (Lipinski definition) is 2. The third kappa shape index (κ3) is 5.57. The van der Waals surface area contributed by atoms with Crippen molar-refractivity contribution in [1.82, 2.24) is 10.2 Å². The molecule has 0 aliphatic carbocycles. The molecule has 5 nitrogen and oxygen atoms in total. The van der Waals surface area contributed by atoms with Crippen LogP contribution in [0.5, 0.6) is 5.75 Å². The molecule has 0 saturated heterocycles. The zero-order chi connectivity index (χ0) is 15.8. The van der Waals surface area contributed by atoms with Gasteiger partial charge in [0.05, 0.1) is 7.11 Å². The van der Waals surface area contributed by atoms with Gasteiger partial charge in [-0.1, -0.05) is 18.2 Å². The smallest absolute Gasteiger partial charge is 0.330 e. The molecule has 116 valence electrons. The average molecular weight is 292 g/mol. The molecule has 0 aliphatic rings. The summed E-state index contributed by atoms with van der Waals surface area (Å²) in [6.45, 7) is 2.85. The minimum Gasteiger partial charge on any atom is -0.497 e. The summed E-state index contributed by atoms with van der Waals surface area (Å²) in [5.74, 6) is -0.0466. The van der Waals surface area contributed by atoms with Gasteiger partial charge in [0.2, 0.25) is 0 Å². The Hall–Kier alpha value is -1.85. The second kappa shape index (κ2) is 8.44. The van der Waals surface area contributed by atoms with Crippen molar-refractivity contribution in [3.8, 4) is 5.75 Å². The van der Waals surface area contributed by atoms with E-state index < -0.39 is 5.97 Å². The molecule has 1 atom stereocenters. The fraction of sp³-hybridized carbons (Fsp3) is 0.438. The molecular weight excluding hydrogens is 268 g/mol. The highest BCUT2D eigenvalue weighted by Gasteiger charge is 2.14. The van der Waals surface area contributed by atoms with Crippen LogP contribution in [0, 0.1) is 0 Å². The molecule has 1 unspecified atom stereocenters. The minimum atomic E-state index is -0.881. The first-order chi connectivity index (χ1) is 9.95. The number of aliphatic carboxylic acids is 1. The zero-order valence-corrected chi connectivity index (χ0v) is 13.1. The Morgan fingerprint density at radius 2 is 2.19 bits per heavy atom. The van der Waals surface area contributed by atoms with E-state index in [0.717, 1.165) is 17.9 Å². The predicted octanol–water partition coefficient (Wildman–Crippen LogP) is 1.92. The van der Waals surface area contributed by atoms with Gasteiger partial charge in [-0.2, -0.15) is 0 Å². The van der Waals surface area contributed by atoms with Crippen molar-refractivity contribution in [1.29, 1.82) is 0 Å². The summed E-state index contributed by atoms with van der Waals surface area (Å²) in [6, 6.07) is 8.17. The van der Waals surface area contributed by atoms with E-state index in [-0.39, 0.29) is 6.04 Å². The Morgan fingerprint density at radius 3 is 2.76 bits per heavy atom. The minimum absolute atomic E-state index is 0.193. The van der Waals surface area contributed by atoms with Crippen LogP contribution in [0.2, 0.25) is 0 Å². The van der Waals surface area contributed by atoms with Crippen LogP contribution in [-0.4, -0.2) is 50.3 Å². The molecule has 5 heteroatoms. The van der Waals surface area contributed by atoms with Crippen molar-refractivity contribution in [3.05, 3.63) is 41.5 Å². The number of methoxy groups -OCH3 is 1. The van der Waals surface area contributed by atoms with E-state index in [2.05, 4.69) is 16.3 Å². The molecule has 0 aliphatic heterocycles. The second-order valence-corrected chi connectivity index (χ2v) is 5.11. The van der Waals surface area contributed by atoms with E-state index in [1.54, 1.807) is 20.1 Å². The highest BCUT2D eigenvalue weighted by molar-refractivity contribution is 5.85. The SMILES string of the molecule is COc1cccc(C(CNC/C=C(/C)C(=O)O)N(C)C)c1. The van der Waals surface area contributed by atoms with Crippen LogP contribution in [-0.2, 0) is 4.79 Å². The number of carbonyl (C=O) groups is 1. The van der Waals surface area contributed by atoms with Crippen molar-refractivity contribution in [2.45, 2.75) is 13.0 Å². The number of carboxylic acids is 1. The van der Waals surface area contributed by atoms with E-state index in [1.165, 1.54) is 0 Å². The normalized spacial score (nSPS) is 13.3. The molecule has 1 aromatic carbocycles. The Morgan fingerprint density at radius 1 is 1.48 bits per heavy atom. The van der Waals surface area contributed by atoms with Gasteiger partial charge in [0, 0.05) is 24.7 Å². The Labute approximate surface area is 126 Å². The van der Waals surface area contributed by atoms with Gasteiger partial charge in [0.15, 0.2) is 0 Å². The Bertz CT molecular complexity index is 498. The van der Waals surface area contributed by atoms with Gasteiger partial charge in [-0.05, 0) is 38.7 Å². The van der Waals surface area contributed by atoms with Crippen LogP contribution in [0.25, 0.3) is 0 Å². The summed E-state index contributed by atoms with van der Waals surface area (Å²) in [5, 5.41) is 12.1. The first-order valence-electron chi connectivity index (χ1n) is 6.87. The maximum atomic E-state index is 10.7. The van der Waals surface area contributed by atoms with Gasteiger partial charge in [0.1, 0.15) is 5.75 Å². The molecule has 0 fully saturated rings. The quantitative estimate of drug-likeness (QED) is 0.566. The molecule has 1 aromatic rings. The summed E-state index contributed by atoms with van der Waals surface area (Å²) in [6.07, 6.45) is 1.68. The van der Waals surface area contributed by atoms with Gasteiger partial charge in [-0.3, -0.25) is 0 Å². The maximum absolute atomic E-state index is 10.7. The highest BCUT2D eigenvalue weighted by atomic mass is 16.5. The molecule has 0 heterocycles. The summed E-state index contributed by atoms with van der Waals surface area (Å²) >= 11 is 0. The van der Waals surface area contributed by atoms with Gasteiger partial charge in [-0.25, -0.2) is 4.79 Å². The van der Waals surface area contributed by atoms with Gasteiger partial charge < -0.3 is 20.1 Å². The zero-order valence-electron chi connectivity index (χ0n) is 13.1. The molecular formula is C16H24N2O3. The average Bonchev–Trinajstić information content (AvgIpc) is 2.46. The summed E-state index contributed by atoms with van der Waals surface area (Å²) in [5.41, 5.74) is 1.51. The summed E-state index contributed by atoms with van der Waals surface area (Å²) in [7, 11) is 5.69. The van der Waals surface area contributed by atoms with E-state index >= 15 is 0 Å². The number of likely N-dealkylation sites (N-methyl/N-ethyl adjacent to an activating group) is 1. The van der Waals surface area contributed by atoms with Crippen LogP contribution < -0.4 is 10.1 Å². The standard InChI is InChI=1S/C16H24N2O3/c1-12(16(19)20)8-9-17-11-15(18(2)3)13-6-5-7-14(10-13)21-4/h5-8,10,15,17H,9,11H2,1-4H3,(H,19,20)/b12-8-. The first-order valence-corrected chi connectivity index (χ1v) is 6.87. The molecule has 0 saturated carbocycles. The number of benzene rings is 1. The predicted molar refractivity (Wildman–Crippen MR) is 83.7 cm³/mol. The molecule has 2 N–H and O–H groups in total. The molecule has 21 heavy (non-hydrogen) atoms. The maximum Gasteiger partial charge on any atom is 0.330 e. The largest absolute Gasteiger partial charge is 0.497 e. The Kier molecular flexibility index (Phi) is 6.91. The highest BCUT2D eigenvalue weighted by Crippen LogP contribution is 2.21. The number of carboxylic acid groups (broad SMARTS) is 1. The van der Waals surface area contributed by atoms with E-state index in [4.69, 9.17) is 9.84 Å². The molecule has 0 aromatic heterocycles. The third-order valence-corrected chi connectivity index (χ3v) is 3.33. The summed E-state index contributed by atoms with van der Waals surface area (Å²) in [4.78, 5) is 12.8. The number of nitrogens with zero attached hydrogens (tertiary/aromatic N) is 1. The van der Waals surface area contributed by atoms with Crippen molar-refractivity contribution in [2.75, 3.05) is 34.3 Å². The number of hydrogen-bond acceptors (Lipinski definition) is 4. The lowest BCUT2D eigenvalue weighted by atomic mass is 10.1. The van der Waals surface area contributed by atoms with E-state index in [0.29, 0.717) is 12.1 Å². The molecule has 0 spiro atoms. The number of ether oxygens (including phenoxy) is 1. The van der Waals surface area contributed by atoms with Crippen molar-refractivity contribution in [2.24, 2.45) is 0 Å². The Balaban J connectivity index is 2.66. The van der Waals surface area contributed by atoms with Gasteiger partial charge in [-0.15, -0.1) is 0 Å². The fourth-order valence-electron chi connectivity index (χ4n) is 1.98. The molecule has 0 radical (unpaired) electrons. The van der Waals surface area contributed by atoms with Crippen LogP contribution in [0.3, 0.4) is 0 Å². The third-order valence-electron chi connectivity index (χ3n) is 3.33. The fourth-order valence-corrected chi connectivity index (χ4v) is 1.98. The number of nitrogens with one attached hydrogen (secondary N) is 1. The van der Waals surface area contributed by atoms with Crippen molar-refractivity contribution < 1.29 is 14.6 Å². The van der Waals surface area contributed by atoms with E-state index in [1.807, 2.05) is 32.3 Å².